The third kappa shape index (κ3) is 5.55. The van der Waals surface area contributed by atoms with Gasteiger partial charge in [-0.3, -0.25) is 4.90 Å². The average molecular weight is 477 g/mol. The molecule has 174 valence electrons. The smallest absolute Gasteiger partial charge is 0.406 e. The molecule has 3 aromatic carbocycles. The first-order chi connectivity index (χ1) is 15.7. The highest BCUT2D eigenvalue weighted by molar-refractivity contribution is 7.89. The van der Waals surface area contributed by atoms with Crippen molar-refractivity contribution in [1.29, 1.82) is 0 Å². The van der Waals surface area contributed by atoms with Crippen molar-refractivity contribution >= 4 is 10.0 Å². The fourth-order valence-electron chi connectivity index (χ4n) is 4.04. The van der Waals surface area contributed by atoms with Crippen LogP contribution < -0.4 is 4.74 Å². The molecule has 0 saturated carbocycles. The zero-order valence-corrected chi connectivity index (χ0v) is 18.5. The lowest BCUT2D eigenvalue weighted by Gasteiger charge is -2.39. The Hall–Kier alpha value is -2.88. The number of ether oxygens (including phenoxy) is 1. The second-order valence-electron chi connectivity index (χ2n) is 7.68. The van der Waals surface area contributed by atoms with Crippen LogP contribution in [0.3, 0.4) is 0 Å². The molecular weight excluding hydrogens is 453 g/mol. The second-order valence-corrected chi connectivity index (χ2v) is 9.62. The van der Waals surface area contributed by atoms with Gasteiger partial charge in [0.15, 0.2) is 0 Å². The summed E-state index contributed by atoms with van der Waals surface area (Å²) >= 11 is 0. The maximum Gasteiger partial charge on any atom is 0.573 e. The van der Waals surface area contributed by atoms with Crippen LogP contribution in [0.5, 0.6) is 5.75 Å². The van der Waals surface area contributed by atoms with Gasteiger partial charge in [0, 0.05) is 26.2 Å². The molecular formula is C24H23F3N2O3S. The van der Waals surface area contributed by atoms with Gasteiger partial charge >= 0.3 is 6.36 Å². The number of nitrogens with zero attached hydrogens (tertiary/aromatic N) is 2. The molecule has 0 unspecified atom stereocenters. The normalized spacial score (nSPS) is 16.9. The molecule has 4 rings (SSSR count). The second kappa shape index (κ2) is 9.54. The number of sulfonamides is 1. The minimum absolute atomic E-state index is 0.229. The Labute approximate surface area is 191 Å². The molecule has 0 amide bonds. The highest BCUT2D eigenvalue weighted by Crippen LogP contribution is 2.32. The summed E-state index contributed by atoms with van der Waals surface area (Å²) in [7, 11) is -3.58. The fraction of sp³-hybridized carbons (Fsp3) is 0.250. The third-order valence-corrected chi connectivity index (χ3v) is 7.48. The number of hydrogen-bond donors (Lipinski definition) is 0. The lowest BCUT2D eigenvalue weighted by molar-refractivity contribution is -0.274. The van der Waals surface area contributed by atoms with Crippen LogP contribution in [0.2, 0.25) is 0 Å². The Morgan fingerprint density at radius 1 is 0.727 bits per heavy atom. The van der Waals surface area contributed by atoms with E-state index in [9.17, 15) is 21.6 Å². The predicted octanol–water partition coefficient (Wildman–Crippen LogP) is 4.68. The molecule has 1 aliphatic rings. The summed E-state index contributed by atoms with van der Waals surface area (Å²) in [6.45, 7) is 1.59. The first kappa shape index (κ1) is 23.3. The summed E-state index contributed by atoms with van der Waals surface area (Å²) in [5.74, 6) is -0.281. The van der Waals surface area contributed by atoms with Crippen molar-refractivity contribution in [1.82, 2.24) is 9.21 Å². The Bertz CT molecular complexity index is 1150. The Kier molecular flexibility index (Phi) is 6.73. The van der Waals surface area contributed by atoms with Gasteiger partial charge in [-0.1, -0.05) is 60.7 Å². The molecule has 1 heterocycles. The van der Waals surface area contributed by atoms with Gasteiger partial charge in [0.2, 0.25) is 10.0 Å². The molecule has 0 aromatic heterocycles. The number of piperazine rings is 1. The fourth-order valence-corrected chi connectivity index (χ4v) is 5.49. The first-order valence-electron chi connectivity index (χ1n) is 10.4. The van der Waals surface area contributed by atoms with Gasteiger partial charge < -0.3 is 4.74 Å². The molecule has 0 aliphatic carbocycles. The van der Waals surface area contributed by atoms with Gasteiger partial charge in [0.05, 0.1) is 10.9 Å². The molecule has 1 aliphatic heterocycles. The minimum atomic E-state index is -4.75. The van der Waals surface area contributed by atoms with E-state index < -0.39 is 16.4 Å². The average Bonchev–Trinajstić information content (AvgIpc) is 2.81. The zero-order chi connectivity index (χ0) is 23.5. The maximum atomic E-state index is 13.0. The quantitative estimate of drug-likeness (QED) is 0.519. The highest BCUT2D eigenvalue weighted by Gasteiger charge is 2.33. The van der Waals surface area contributed by atoms with E-state index in [2.05, 4.69) is 9.64 Å². The van der Waals surface area contributed by atoms with Crippen molar-refractivity contribution in [2.24, 2.45) is 0 Å². The van der Waals surface area contributed by atoms with Crippen molar-refractivity contribution in [2.75, 3.05) is 26.2 Å². The van der Waals surface area contributed by atoms with E-state index in [1.165, 1.54) is 16.4 Å². The summed E-state index contributed by atoms with van der Waals surface area (Å²) in [6, 6.07) is 23.5. The first-order valence-corrected chi connectivity index (χ1v) is 11.9. The predicted molar refractivity (Wildman–Crippen MR) is 118 cm³/mol. The number of benzene rings is 3. The largest absolute Gasteiger partial charge is 0.573 e. The summed E-state index contributed by atoms with van der Waals surface area (Å²) in [6.07, 6.45) is -4.75. The van der Waals surface area contributed by atoms with Crippen molar-refractivity contribution in [3.05, 3.63) is 96.1 Å². The van der Waals surface area contributed by atoms with Gasteiger partial charge in [0.1, 0.15) is 5.75 Å². The molecule has 5 nitrogen and oxygen atoms in total. The van der Waals surface area contributed by atoms with Crippen molar-refractivity contribution in [3.8, 4) is 5.75 Å². The summed E-state index contributed by atoms with van der Waals surface area (Å²) in [5.41, 5.74) is 1.77. The highest BCUT2D eigenvalue weighted by atomic mass is 32.2. The van der Waals surface area contributed by atoms with E-state index in [-0.39, 0.29) is 16.7 Å². The van der Waals surface area contributed by atoms with Gasteiger partial charge in [-0.25, -0.2) is 8.42 Å². The lowest BCUT2D eigenvalue weighted by atomic mass is 9.96. The summed E-state index contributed by atoms with van der Waals surface area (Å²) in [5, 5.41) is 0. The van der Waals surface area contributed by atoms with Gasteiger partial charge in [0.25, 0.3) is 0 Å². The van der Waals surface area contributed by atoms with Crippen molar-refractivity contribution in [2.45, 2.75) is 17.3 Å². The van der Waals surface area contributed by atoms with E-state index in [4.69, 9.17) is 0 Å². The standard InChI is InChI=1S/C24H23F3N2O3S/c25-24(26,27)32-21-13-11-20(12-14-21)23(19-7-3-1-4-8-19)28-15-17-29(18-16-28)33(30,31)22-9-5-2-6-10-22/h1-14,23H,15-18H2/t23-/m1/s1. The van der Waals surface area contributed by atoms with Crippen molar-refractivity contribution < 1.29 is 26.3 Å². The molecule has 1 fully saturated rings. The monoisotopic (exact) mass is 476 g/mol. The SMILES string of the molecule is O=S(=O)(c1ccccc1)N1CCN([C@H](c2ccccc2)c2ccc(OC(F)(F)F)cc2)CC1. The lowest BCUT2D eigenvalue weighted by Crippen LogP contribution is -2.49. The number of alkyl halides is 3. The van der Waals surface area contributed by atoms with Crippen LogP contribution >= 0.6 is 0 Å². The van der Waals surface area contributed by atoms with E-state index in [1.807, 2.05) is 30.3 Å². The number of halogens is 3. The van der Waals surface area contributed by atoms with Crippen LogP contribution in [-0.2, 0) is 10.0 Å². The topological polar surface area (TPSA) is 49.9 Å². The van der Waals surface area contributed by atoms with Crippen LogP contribution in [0, 0.1) is 0 Å². The molecule has 0 N–H and O–H groups in total. The van der Waals surface area contributed by atoms with Gasteiger partial charge in [-0.05, 0) is 35.4 Å². The number of rotatable bonds is 6. The van der Waals surface area contributed by atoms with Crippen LogP contribution in [0.25, 0.3) is 0 Å². The molecule has 0 radical (unpaired) electrons. The van der Waals surface area contributed by atoms with E-state index in [0.29, 0.717) is 26.2 Å². The van der Waals surface area contributed by atoms with Crippen LogP contribution in [-0.4, -0.2) is 50.2 Å². The van der Waals surface area contributed by atoms with Gasteiger partial charge in [-0.15, -0.1) is 13.2 Å². The van der Waals surface area contributed by atoms with Crippen LogP contribution in [0.15, 0.2) is 89.8 Å². The Balaban J connectivity index is 1.55. The van der Waals surface area contributed by atoms with E-state index in [0.717, 1.165) is 11.1 Å². The molecule has 1 atom stereocenters. The van der Waals surface area contributed by atoms with E-state index in [1.54, 1.807) is 42.5 Å². The molecule has 1 saturated heterocycles. The summed E-state index contributed by atoms with van der Waals surface area (Å²) in [4.78, 5) is 2.41. The van der Waals surface area contributed by atoms with E-state index >= 15 is 0 Å². The Morgan fingerprint density at radius 3 is 1.79 bits per heavy atom. The maximum absolute atomic E-state index is 13.0. The van der Waals surface area contributed by atoms with Crippen molar-refractivity contribution in [3.63, 3.8) is 0 Å². The molecule has 0 spiro atoms. The molecule has 33 heavy (non-hydrogen) atoms. The zero-order valence-electron chi connectivity index (χ0n) is 17.6. The molecule has 9 heteroatoms. The minimum Gasteiger partial charge on any atom is -0.406 e. The molecule has 3 aromatic rings. The number of hydrogen-bond acceptors (Lipinski definition) is 4. The van der Waals surface area contributed by atoms with Gasteiger partial charge in [-0.2, -0.15) is 4.31 Å². The third-order valence-electron chi connectivity index (χ3n) is 5.56. The summed E-state index contributed by atoms with van der Waals surface area (Å²) < 4.78 is 69.0. The van der Waals surface area contributed by atoms with Crippen LogP contribution in [0.1, 0.15) is 17.2 Å². The Morgan fingerprint density at radius 2 is 1.24 bits per heavy atom. The molecule has 0 bridgehead atoms. The van der Waals surface area contributed by atoms with Crippen LogP contribution in [0.4, 0.5) is 13.2 Å².